The minimum absolute atomic E-state index is 0.0160. The number of aryl methyl sites for hydroxylation is 1. The third kappa shape index (κ3) is 12.6. The third-order valence-corrected chi connectivity index (χ3v) is 15.4. The number of fused-ring (bicyclic) bond motifs is 1. The lowest BCUT2D eigenvalue weighted by Crippen LogP contribution is -2.57. The molecule has 4 heterocycles. The Balaban J connectivity index is 0.760. The third-order valence-electron chi connectivity index (χ3n) is 13.2. The van der Waals surface area contributed by atoms with Crippen LogP contribution in [0.25, 0.3) is 31.0 Å². The smallest absolute Gasteiger partial charge is 0.246 e. The summed E-state index contributed by atoms with van der Waals surface area (Å²) in [6.45, 7) is 12.8. The summed E-state index contributed by atoms with van der Waals surface area (Å²) in [4.78, 5) is 61.9. The Morgan fingerprint density at radius 3 is 2.27 bits per heavy atom. The zero-order valence-electron chi connectivity index (χ0n) is 40.8. The predicted octanol–water partition coefficient (Wildman–Crippen LogP) is 9.13. The molecule has 4 aromatic carbocycles. The zero-order chi connectivity index (χ0) is 50.4. The van der Waals surface area contributed by atoms with Crippen LogP contribution in [0.15, 0.2) is 102 Å². The van der Waals surface area contributed by atoms with Crippen LogP contribution in [-0.4, -0.2) is 112 Å². The molecular formula is C55H62FN5O8S2. The Morgan fingerprint density at radius 1 is 0.873 bits per heavy atom. The van der Waals surface area contributed by atoms with Crippen molar-refractivity contribution in [1.82, 2.24) is 25.3 Å². The van der Waals surface area contributed by atoms with E-state index in [2.05, 4.69) is 40.8 Å². The fraction of sp³-hybridized carbons (Fsp3) is 0.382. The van der Waals surface area contributed by atoms with Crippen molar-refractivity contribution in [1.29, 1.82) is 0 Å². The number of carbonyl (C=O) groups excluding carboxylic acids is 4. The molecule has 0 saturated carbocycles. The first kappa shape index (κ1) is 51.0. The van der Waals surface area contributed by atoms with E-state index < -0.39 is 29.5 Å². The fourth-order valence-electron chi connectivity index (χ4n) is 9.17. The predicted molar refractivity (Wildman–Crippen MR) is 276 cm³/mol. The van der Waals surface area contributed by atoms with Crippen molar-refractivity contribution in [2.75, 3.05) is 39.3 Å². The second kappa shape index (κ2) is 22.4. The van der Waals surface area contributed by atoms with Crippen LogP contribution >= 0.6 is 22.7 Å². The molecule has 2 aliphatic rings. The Hall–Kier alpha value is -6.33. The quantitative estimate of drug-likeness (QED) is 0.0699. The molecule has 2 aromatic heterocycles. The van der Waals surface area contributed by atoms with Crippen LogP contribution in [0.1, 0.15) is 64.5 Å². The summed E-state index contributed by atoms with van der Waals surface area (Å²) in [6.07, 6.45) is -0.226. The number of benzene rings is 4. The number of amides is 4. The number of aliphatic hydroxyl groups is 1. The Bertz CT molecular complexity index is 2830. The van der Waals surface area contributed by atoms with E-state index >= 15 is 0 Å². The number of hydrogen-bond donors (Lipinski definition) is 4. The summed E-state index contributed by atoms with van der Waals surface area (Å²) in [6, 6.07) is 27.1. The molecule has 71 heavy (non-hydrogen) atoms. The number of phenolic OH excluding ortho intramolecular Hbond substituents is 1. The number of β-amino-alcohol motifs (C(OH)–C–C–N with tert-alkyl or cyclic N) is 1. The average molecular weight is 1000 g/mol. The average Bonchev–Trinajstić information content (AvgIpc) is 4.06. The van der Waals surface area contributed by atoms with Crippen LogP contribution in [0.2, 0.25) is 0 Å². The van der Waals surface area contributed by atoms with Crippen molar-refractivity contribution in [2.24, 2.45) is 5.41 Å². The lowest BCUT2D eigenvalue weighted by Gasteiger charge is -2.39. The number of aromatic hydroxyl groups is 1. The molecule has 0 unspecified atom stereocenters. The van der Waals surface area contributed by atoms with Gasteiger partial charge in [-0.05, 0) is 114 Å². The van der Waals surface area contributed by atoms with Gasteiger partial charge in [-0.2, -0.15) is 0 Å². The molecule has 4 N–H and O–H groups in total. The van der Waals surface area contributed by atoms with Gasteiger partial charge in [0.15, 0.2) is 5.75 Å². The SMILES string of the molecule is Cc1ccsc1-c1ccc(CNC(=O)[C@@H]2C[C@@H](O)CN2C(=O)[C@@H](NC(=O)CCCC(=O)N2CCN(CCOc3ccc(Oc4c(-c5ccc(F)cc5)sc5cc(O)ccc45)cc3)[C@H](C)C2)C(C)(C)C)cc1. The molecular weight excluding hydrogens is 942 g/mol. The maximum Gasteiger partial charge on any atom is 0.246 e. The standard InChI is InChI=1S/C55H62FN5O8S2/c1-34-23-28-70-50(34)37-11-9-36(10-12-37)31-57-53(66)45-29-41(63)33-61(45)54(67)52(55(3,4)5)58-47(64)7-6-8-48(65)60-25-24-59(35(2)32-60)26-27-68-42-18-20-43(21-19-42)69-49-44-22-17-40(62)30-46(44)71-51(49)38-13-15-39(56)16-14-38/h9-23,28,30,35,41,45,52,62-63H,6-8,24-27,29,31-33H2,1-5H3,(H,57,66)(H,58,64)/t35-,41-,45+,52-/m1/s1. The number of likely N-dealkylation sites (tertiary alicyclic amines) is 1. The first-order valence-electron chi connectivity index (χ1n) is 24.1. The van der Waals surface area contributed by atoms with Crippen molar-refractivity contribution in [3.63, 3.8) is 0 Å². The van der Waals surface area contributed by atoms with Gasteiger partial charge in [-0.25, -0.2) is 4.39 Å². The van der Waals surface area contributed by atoms with Gasteiger partial charge in [0.2, 0.25) is 23.6 Å². The second-order valence-corrected chi connectivity index (χ2v) is 21.5. The van der Waals surface area contributed by atoms with E-state index in [-0.39, 0.29) is 67.7 Å². The molecule has 8 rings (SSSR count). The van der Waals surface area contributed by atoms with Crippen molar-refractivity contribution in [3.8, 4) is 43.9 Å². The Kier molecular flexibility index (Phi) is 16.1. The maximum atomic E-state index is 14.1. The largest absolute Gasteiger partial charge is 0.508 e. The molecule has 0 aliphatic carbocycles. The lowest BCUT2D eigenvalue weighted by molar-refractivity contribution is -0.144. The van der Waals surface area contributed by atoms with E-state index in [1.54, 1.807) is 35.6 Å². The van der Waals surface area contributed by atoms with E-state index in [9.17, 15) is 33.8 Å². The highest BCUT2D eigenvalue weighted by molar-refractivity contribution is 7.22. The van der Waals surface area contributed by atoms with Gasteiger partial charge < -0.3 is 40.1 Å². The van der Waals surface area contributed by atoms with Crippen LogP contribution in [0, 0.1) is 18.2 Å². The molecule has 2 fully saturated rings. The van der Waals surface area contributed by atoms with E-state index in [0.717, 1.165) is 31.7 Å². The monoisotopic (exact) mass is 1000 g/mol. The minimum Gasteiger partial charge on any atom is -0.508 e. The number of nitrogens with one attached hydrogen (secondary N) is 2. The molecule has 16 heteroatoms. The van der Waals surface area contributed by atoms with Gasteiger partial charge in [-0.3, -0.25) is 24.1 Å². The van der Waals surface area contributed by atoms with Crippen molar-refractivity contribution in [3.05, 3.63) is 119 Å². The molecule has 6 aromatic rings. The van der Waals surface area contributed by atoms with E-state index in [1.807, 2.05) is 80.3 Å². The number of halogens is 1. The van der Waals surface area contributed by atoms with Crippen molar-refractivity contribution in [2.45, 2.75) is 91.1 Å². The van der Waals surface area contributed by atoms with Gasteiger partial charge >= 0.3 is 0 Å². The van der Waals surface area contributed by atoms with Crippen LogP contribution in [-0.2, 0) is 25.7 Å². The maximum absolute atomic E-state index is 14.1. The highest BCUT2D eigenvalue weighted by atomic mass is 32.1. The number of nitrogens with zero attached hydrogens (tertiary/aromatic N) is 3. The van der Waals surface area contributed by atoms with Gasteiger partial charge in [0, 0.05) is 79.5 Å². The topological polar surface area (TPSA) is 161 Å². The van der Waals surface area contributed by atoms with Crippen molar-refractivity contribution < 1.29 is 43.3 Å². The summed E-state index contributed by atoms with van der Waals surface area (Å²) in [5, 5.41) is 29.5. The minimum atomic E-state index is -0.954. The van der Waals surface area contributed by atoms with Crippen LogP contribution < -0.4 is 20.1 Å². The van der Waals surface area contributed by atoms with E-state index in [0.29, 0.717) is 56.5 Å². The van der Waals surface area contributed by atoms with Crippen LogP contribution in [0.4, 0.5) is 4.39 Å². The van der Waals surface area contributed by atoms with Gasteiger partial charge in [0.25, 0.3) is 0 Å². The van der Waals surface area contributed by atoms with Gasteiger partial charge in [0.05, 0.1) is 11.0 Å². The zero-order valence-corrected chi connectivity index (χ0v) is 42.4. The summed E-state index contributed by atoms with van der Waals surface area (Å²) in [5.41, 5.74) is 3.33. The number of thiophene rings is 2. The number of phenols is 1. The van der Waals surface area contributed by atoms with Gasteiger partial charge in [0.1, 0.15) is 41.8 Å². The number of hydrogen-bond acceptors (Lipinski definition) is 11. The molecule has 0 spiro atoms. The number of piperazine rings is 1. The first-order chi connectivity index (χ1) is 34.0. The van der Waals surface area contributed by atoms with Gasteiger partial charge in [-0.1, -0.05) is 57.2 Å². The molecule has 4 atom stereocenters. The molecule has 374 valence electrons. The van der Waals surface area contributed by atoms with E-state index in [1.165, 1.54) is 38.8 Å². The normalized spacial score (nSPS) is 17.8. The molecule has 2 saturated heterocycles. The molecule has 0 bridgehead atoms. The fourth-order valence-corrected chi connectivity index (χ4v) is 11.3. The molecule has 2 aliphatic heterocycles. The summed E-state index contributed by atoms with van der Waals surface area (Å²) < 4.78 is 27.1. The first-order valence-corrected chi connectivity index (χ1v) is 25.8. The highest BCUT2D eigenvalue weighted by Gasteiger charge is 2.44. The van der Waals surface area contributed by atoms with Crippen LogP contribution in [0.5, 0.6) is 23.0 Å². The lowest BCUT2D eigenvalue weighted by atomic mass is 9.85. The summed E-state index contributed by atoms with van der Waals surface area (Å²) >= 11 is 3.14. The number of aliphatic hydroxyl groups excluding tert-OH is 1. The summed E-state index contributed by atoms with van der Waals surface area (Å²) in [5.74, 6) is 0.543. The van der Waals surface area contributed by atoms with Gasteiger partial charge in [-0.15, -0.1) is 22.7 Å². The summed E-state index contributed by atoms with van der Waals surface area (Å²) in [7, 11) is 0. The number of ether oxygens (including phenoxy) is 2. The number of rotatable bonds is 17. The highest BCUT2D eigenvalue weighted by Crippen LogP contribution is 2.47. The molecule has 0 radical (unpaired) electrons. The second-order valence-electron chi connectivity index (χ2n) is 19.6. The van der Waals surface area contributed by atoms with Crippen LogP contribution in [0.3, 0.4) is 0 Å². The molecule has 13 nitrogen and oxygen atoms in total. The Morgan fingerprint density at radius 2 is 1.58 bits per heavy atom. The molecule has 4 amide bonds. The number of carbonyl (C=O) groups is 4. The Labute approximate surface area is 422 Å². The van der Waals surface area contributed by atoms with Crippen molar-refractivity contribution >= 4 is 56.4 Å². The van der Waals surface area contributed by atoms with E-state index in [4.69, 9.17) is 9.47 Å².